The van der Waals surface area contributed by atoms with E-state index in [1.807, 2.05) is 0 Å². The van der Waals surface area contributed by atoms with Crippen molar-refractivity contribution < 1.29 is 17.6 Å². The van der Waals surface area contributed by atoms with Crippen LogP contribution in [0.2, 0.25) is 0 Å². The van der Waals surface area contributed by atoms with Gasteiger partial charge in [-0.25, -0.2) is 27.3 Å². The van der Waals surface area contributed by atoms with Gasteiger partial charge in [0.2, 0.25) is 0 Å². The lowest BCUT2D eigenvalue weighted by molar-refractivity contribution is 0.254. The molecule has 9 heteroatoms. The first-order valence-electron chi connectivity index (χ1n) is 6.49. The number of rotatable bonds is 4. The quantitative estimate of drug-likeness (QED) is 0.670. The number of allylic oxidation sites excluding steroid dienone is 1. The summed E-state index contributed by atoms with van der Waals surface area (Å²) in [6.07, 6.45) is 2.30. The van der Waals surface area contributed by atoms with Gasteiger partial charge in [-0.1, -0.05) is 18.2 Å². The average Bonchev–Trinajstić information content (AvgIpc) is 2.50. The highest BCUT2D eigenvalue weighted by Gasteiger charge is 2.17. The van der Waals surface area contributed by atoms with Crippen LogP contribution in [0, 0.1) is 0 Å². The molecule has 7 nitrogen and oxygen atoms in total. The number of hydrogen-bond donors (Lipinski definition) is 1. The van der Waals surface area contributed by atoms with Crippen LogP contribution in [-0.2, 0) is 10.0 Å². The predicted octanol–water partition coefficient (Wildman–Crippen LogP) is 1.95. The lowest BCUT2D eigenvalue weighted by atomic mass is 10.4. The minimum absolute atomic E-state index is 0.103. The lowest BCUT2D eigenvalue weighted by Crippen LogP contribution is -2.28. The Labute approximate surface area is 134 Å². The van der Waals surface area contributed by atoms with Crippen LogP contribution in [0.1, 0.15) is 6.92 Å². The number of nitrogens with zero attached hydrogens (tertiary/aromatic N) is 3. The summed E-state index contributed by atoms with van der Waals surface area (Å²) >= 11 is 0. The Hall–Kier alpha value is -2.55. The van der Waals surface area contributed by atoms with Crippen molar-refractivity contribution in [3.05, 3.63) is 42.2 Å². The largest absolute Gasteiger partial charge is 0.369 e. The van der Waals surface area contributed by atoms with E-state index in [1.165, 1.54) is 42.4 Å². The molecule has 0 aliphatic rings. The van der Waals surface area contributed by atoms with Gasteiger partial charge in [0.1, 0.15) is 0 Å². The van der Waals surface area contributed by atoms with Crippen LogP contribution in [0.4, 0.5) is 9.18 Å². The molecule has 124 valence electrons. The van der Waals surface area contributed by atoms with E-state index < -0.39 is 27.7 Å². The Balaban J connectivity index is 3.02. The summed E-state index contributed by atoms with van der Waals surface area (Å²) < 4.78 is 39.3. The Morgan fingerprint density at radius 3 is 2.39 bits per heavy atom. The van der Waals surface area contributed by atoms with Gasteiger partial charge in [-0.05, 0) is 25.1 Å². The molecule has 23 heavy (non-hydrogen) atoms. The number of amidine groups is 1. The van der Waals surface area contributed by atoms with Crippen LogP contribution in [0.5, 0.6) is 0 Å². The highest BCUT2D eigenvalue weighted by molar-refractivity contribution is 7.90. The van der Waals surface area contributed by atoms with Crippen molar-refractivity contribution in [2.45, 2.75) is 11.8 Å². The number of carbonyl (C=O) groups excluding carboxylic acids is 1. The van der Waals surface area contributed by atoms with Crippen molar-refractivity contribution in [3.8, 4) is 0 Å². The first-order valence-corrected chi connectivity index (χ1v) is 7.98. The molecule has 0 atom stereocenters. The molecular weight excluding hydrogens is 323 g/mol. The van der Waals surface area contributed by atoms with Crippen LogP contribution < -0.4 is 4.72 Å². The molecule has 0 radical (unpaired) electrons. The van der Waals surface area contributed by atoms with Crippen molar-refractivity contribution >= 4 is 28.2 Å². The van der Waals surface area contributed by atoms with E-state index in [1.54, 1.807) is 24.9 Å². The maximum atomic E-state index is 13.6. The van der Waals surface area contributed by atoms with E-state index in [2.05, 4.69) is 9.98 Å². The minimum atomic E-state index is -4.08. The smallest absolute Gasteiger partial charge is 0.356 e. The summed E-state index contributed by atoms with van der Waals surface area (Å²) in [5.41, 5.74) is 0. The second kappa shape index (κ2) is 8.18. The van der Waals surface area contributed by atoms with E-state index >= 15 is 0 Å². The van der Waals surface area contributed by atoms with E-state index in [0.29, 0.717) is 0 Å². The molecule has 1 aromatic rings. The van der Waals surface area contributed by atoms with E-state index in [4.69, 9.17) is 0 Å². The summed E-state index contributed by atoms with van der Waals surface area (Å²) in [7, 11) is -0.785. The summed E-state index contributed by atoms with van der Waals surface area (Å²) in [6.45, 7) is 1.40. The lowest BCUT2D eigenvalue weighted by Gasteiger charge is -2.05. The predicted molar refractivity (Wildman–Crippen MR) is 86.6 cm³/mol. The molecule has 0 unspecified atom stereocenters. The average molecular weight is 340 g/mol. The third kappa shape index (κ3) is 5.99. The first kappa shape index (κ1) is 18.5. The summed E-state index contributed by atoms with van der Waals surface area (Å²) in [6, 6.07) is 6.04. The SMILES string of the molecule is C/C=C(/F)C(=NC(=O)NS(=O)(=O)c1ccccc1)/N=C/N(C)C. The van der Waals surface area contributed by atoms with Crippen LogP contribution in [-0.4, -0.2) is 45.6 Å². The number of hydrogen-bond acceptors (Lipinski definition) is 3. The second-order valence-electron chi connectivity index (χ2n) is 4.50. The number of sulfonamides is 1. The fourth-order valence-electron chi connectivity index (χ4n) is 1.34. The number of benzene rings is 1. The highest BCUT2D eigenvalue weighted by atomic mass is 32.2. The number of halogens is 1. The van der Waals surface area contributed by atoms with Crippen LogP contribution in [0.25, 0.3) is 0 Å². The van der Waals surface area contributed by atoms with Gasteiger partial charge >= 0.3 is 6.03 Å². The molecule has 0 fully saturated rings. The minimum Gasteiger partial charge on any atom is -0.369 e. The fraction of sp³-hybridized carbons (Fsp3) is 0.214. The molecule has 0 bridgehead atoms. The summed E-state index contributed by atoms with van der Waals surface area (Å²) in [5.74, 6) is -1.38. The van der Waals surface area contributed by atoms with Gasteiger partial charge in [-0.15, -0.1) is 0 Å². The highest BCUT2D eigenvalue weighted by Crippen LogP contribution is 2.08. The fourth-order valence-corrected chi connectivity index (χ4v) is 2.24. The molecule has 0 saturated heterocycles. The summed E-state index contributed by atoms with van der Waals surface area (Å²) in [4.78, 5) is 20.2. The Kier molecular flexibility index (Phi) is 6.58. The molecule has 0 spiro atoms. The second-order valence-corrected chi connectivity index (χ2v) is 6.19. The molecule has 0 aromatic heterocycles. The molecule has 1 N–H and O–H groups in total. The third-order valence-electron chi connectivity index (χ3n) is 2.36. The molecule has 1 rings (SSSR count). The normalized spacial score (nSPS) is 13.2. The van der Waals surface area contributed by atoms with Gasteiger partial charge in [0.25, 0.3) is 10.0 Å². The maximum absolute atomic E-state index is 13.6. The van der Waals surface area contributed by atoms with Crippen molar-refractivity contribution in [1.82, 2.24) is 9.62 Å². The van der Waals surface area contributed by atoms with Crippen molar-refractivity contribution in [2.75, 3.05) is 14.1 Å². The third-order valence-corrected chi connectivity index (χ3v) is 3.70. The van der Waals surface area contributed by atoms with Gasteiger partial charge in [0.05, 0.1) is 11.2 Å². The van der Waals surface area contributed by atoms with Crippen molar-refractivity contribution in [1.29, 1.82) is 0 Å². The van der Waals surface area contributed by atoms with Crippen LogP contribution in [0.3, 0.4) is 0 Å². The van der Waals surface area contributed by atoms with Crippen molar-refractivity contribution in [3.63, 3.8) is 0 Å². The Bertz CT molecular complexity index is 741. The molecular formula is C14H17FN4O3S. The van der Waals surface area contributed by atoms with E-state index in [-0.39, 0.29) is 4.90 Å². The van der Waals surface area contributed by atoms with E-state index in [9.17, 15) is 17.6 Å². The standard InChI is InChI=1S/C14H17FN4O3S/c1-4-12(15)13(16-10-19(2)3)17-14(20)18-23(21,22)11-8-6-5-7-9-11/h4-10H,1-3H3,(H,18,20)/b12-4+,16-10+,17-13?. The number of amides is 2. The molecule has 0 heterocycles. The molecule has 0 saturated carbocycles. The topological polar surface area (TPSA) is 91.2 Å². The zero-order valence-corrected chi connectivity index (χ0v) is 13.7. The Morgan fingerprint density at radius 1 is 1.26 bits per heavy atom. The molecule has 0 aliphatic carbocycles. The molecule has 2 amide bonds. The number of aliphatic imine (C=N–C) groups is 2. The molecule has 1 aromatic carbocycles. The van der Waals surface area contributed by atoms with Crippen LogP contribution in [0.15, 0.2) is 57.1 Å². The number of nitrogens with one attached hydrogen (secondary N) is 1. The van der Waals surface area contributed by atoms with Gasteiger partial charge in [-0.2, -0.15) is 4.99 Å². The summed E-state index contributed by atoms with van der Waals surface area (Å²) in [5, 5.41) is 0. The van der Waals surface area contributed by atoms with Gasteiger partial charge in [0.15, 0.2) is 11.7 Å². The first-order chi connectivity index (χ1) is 10.8. The van der Waals surface area contributed by atoms with Gasteiger partial charge in [-0.3, -0.25) is 0 Å². The zero-order valence-electron chi connectivity index (χ0n) is 12.9. The van der Waals surface area contributed by atoms with Crippen LogP contribution >= 0.6 is 0 Å². The van der Waals surface area contributed by atoms with Gasteiger partial charge in [0, 0.05) is 14.1 Å². The van der Waals surface area contributed by atoms with Gasteiger partial charge < -0.3 is 4.90 Å². The number of urea groups is 1. The monoisotopic (exact) mass is 340 g/mol. The van der Waals surface area contributed by atoms with E-state index in [0.717, 1.165) is 6.08 Å². The zero-order chi connectivity index (χ0) is 17.5. The van der Waals surface area contributed by atoms with Crippen molar-refractivity contribution in [2.24, 2.45) is 9.98 Å². The maximum Gasteiger partial charge on any atom is 0.356 e. The number of carbonyl (C=O) groups is 1. The molecule has 0 aliphatic heterocycles. The Morgan fingerprint density at radius 2 is 1.87 bits per heavy atom.